The average Bonchev–Trinajstić information content (AvgIpc) is 2.56. The predicted molar refractivity (Wildman–Crippen MR) is 88.0 cm³/mol. The van der Waals surface area contributed by atoms with Crippen molar-refractivity contribution >= 4 is 34.9 Å². The molecule has 1 N–H and O–H groups in total. The zero-order chi connectivity index (χ0) is 18.6. The van der Waals surface area contributed by atoms with E-state index in [0.29, 0.717) is 0 Å². The van der Waals surface area contributed by atoms with Crippen LogP contribution in [-0.2, 0) is 9.53 Å². The summed E-state index contributed by atoms with van der Waals surface area (Å²) in [6.07, 6.45) is -1.24. The Labute approximate surface area is 146 Å². The van der Waals surface area contributed by atoms with E-state index in [1.807, 2.05) is 0 Å². The standard InChI is InChI=1S/C16H12ClFN2O5/c1-9(15(21)19-14-5-3-2-4-13(14)18)25-16(22)11-7-6-10(20(23)24)8-12(11)17/h2-9H,1H3,(H,19,21)/t9-/m0/s1. The topological polar surface area (TPSA) is 98.5 Å². The molecule has 0 saturated heterocycles. The van der Waals surface area contributed by atoms with Crippen molar-refractivity contribution in [2.24, 2.45) is 0 Å². The Morgan fingerprint density at radius 1 is 1.28 bits per heavy atom. The molecular formula is C16H12ClFN2O5. The first kappa shape index (κ1) is 18.3. The van der Waals surface area contributed by atoms with Gasteiger partial charge in [0.1, 0.15) is 5.82 Å². The largest absolute Gasteiger partial charge is 0.449 e. The lowest BCUT2D eigenvalue weighted by Crippen LogP contribution is -2.30. The molecule has 0 aliphatic carbocycles. The molecule has 0 bridgehead atoms. The summed E-state index contributed by atoms with van der Waals surface area (Å²) in [5, 5.41) is 12.8. The number of hydrogen-bond donors (Lipinski definition) is 1. The maximum absolute atomic E-state index is 13.5. The molecule has 0 heterocycles. The van der Waals surface area contributed by atoms with Crippen molar-refractivity contribution < 1.29 is 23.6 Å². The van der Waals surface area contributed by atoms with Crippen LogP contribution in [0.25, 0.3) is 0 Å². The summed E-state index contributed by atoms with van der Waals surface area (Å²) < 4.78 is 18.5. The number of non-ortho nitro benzene ring substituents is 1. The highest BCUT2D eigenvalue weighted by Gasteiger charge is 2.22. The highest BCUT2D eigenvalue weighted by Crippen LogP contribution is 2.23. The molecule has 0 saturated carbocycles. The van der Waals surface area contributed by atoms with Gasteiger partial charge in [0.05, 0.1) is 21.2 Å². The van der Waals surface area contributed by atoms with E-state index in [1.165, 1.54) is 31.2 Å². The fourth-order valence-corrected chi connectivity index (χ4v) is 2.11. The van der Waals surface area contributed by atoms with Crippen molar-refractivity contribution in [1.29, 1.82) is 0 Å². The van der Waals surface area contributed by atoms with Crippen LogP contribution in [0, 0.1) is 15.9 Å². The molecule has 7 nitrogen and oxygen atoms in total. The minimum absolute atomic E-state index is 0.0521. The van der Waals surface area contributed by atoms with Crippen LogP contribution in [0.1, 0.15) is 17.3 Å². The Kier molecular flexibility index (Phi) is 5.66. The average molecular weight is 367 g/mol. The Morgan fingerprint density at radius 3 is 2.56 bits per heavy atom. The number of nitrogens with zero attached hydrogens (tertiary/aromatic N) is 1. The van der Waals surface area contributed by atoms with Gasteiger partial charge in [-0.2, -0.15) is 0 Å². The summed E-state index contributed by atoms with van der Waals surface area (Å²) in [7, 11) is 0. The maximum Gasteiger partial charge on any atom is 0.340 e. The van der Waals surface area contributed by atoms with Crippen LogP contribution in [0.15, 0.2) is 42.5 Å². The van der Waals surface area contributed by atoms with Crippen LogP contribution >= 0.6 is 11.6 Å². The molecule has 25 heavy (non-hydrogen) atoms. The summed E-state index contributed by atoms with van der Waals surface area (Å²) in [5.41, 5.74) is -0.464. The zero-order valence-electron chi connectivity index (χ0n) is 12.9. The Hall–Kier alpha value is -3.00. The second-order valence-electron chi connectivity index (χ2n) is 4.94. The van der Waals surface area contributed by atoms with Gasteiger partial charge in [-0.05, 0) is 25.1 Å². The molecule has 0 fully saturated rings. The Bertz CT molecular complexity index is 843. The van der Waals surface area contributed by atoms with Gasteiger partial charge in [-0.15, -0.1) is 0 Å². The number of halogens is 2. The van der Waals surface area contributed by atoms with Gasteiger partial charge < -0.3 is 10.1 Å². The molecule has 0 aliphatic heterocycles. The SMILES string of the molecule is C[C@H](OC(=O)c1ccc([N+](=O)[O-])cc1Cl)C(=O)Nc1ccccc1F. The predicted octanol–water partition coefficient (Wildman–Crippen LogP) is 3.57. The number of anilines is 1. The number of ether oxygens (including phenoxy) is 1. The molecule has 1 amide bonds. The maximum atomic E-state index is 13.5. The van der Waals surface area contributed by atoms with E-state index in [1.54, 1.807) is 0 Å². The number of esters is 1. The molecule has 2 aromatic carbocycles. The van der Waals surface area contributed by atoms with Crippen molar-refractivity contribution in [1.82, 2.24) is 0 Å². The third-order valence-corrected chi connectivity index (χ3v) is 3.48. The van der Waals surface area contributed by atoms with Crippen molar-refractivity contribution in [3.05, 3.63) is 69.0 Å². The molecular weight excluding hydrogens is 355 g/mol. The Morgan fingerprint density at radius 2 is 1.96 bits per heavy atom. The normalized spacial score (nSPS) is 11.5. The Balaban J connectivity index is 2.06. The van der Waals surface area contributed by atoms with Gasteiger partial charge >= 0.3 is 5.97 Å². The van der Waals surface area contributed by atoms with Gasteiger partial charge in [0.15, 0.2) is 6.10 Å². The third-order valence-electron chi connectivity index (χ3n) is 3.17. The van der Waals surface area contributed by atoms with Gasteiger partial charge in [0.25, 0.3) is 11.6 Å². The van der Waals surface area contributed by atoms with E-state index in [4.69, 9.17) is 16.3 Å². The molecule has 0 radical (unpaired) electrons. The first-order valence-electron chi connectivity index (χ1n) is 7.00. The zero-order valence-corrected chi connectivity index (χ0v) is 13.6. The van der Waals surface area contributed by atoms with E-state index < -0.39 is 28.7 Å². The van der Waals surface area contributed by atoms with Crippen molar-refractivity contribution in [3.8, 4) is 0 Å². The summed E-state index contributed by atoms with van der Waals surface area (Å²) in [6, 6.07) is 8.74. The fourth-order valence-electron chi connectivity index (χ4n) is 1.86. The lowest BCUT2D eigenvalue weighted by molar-refractivity contribution is -0.384. The third kappa shape index (κ3) is 4.51. The highest BCUT2D eigenvalue weighted by molar-refractivity contribution is 6.33. The highest BCUT2D eigenvalue weighted by atomic mass is 35.5. The molecule has 1 atom stereocenters. The van der Waals surface area contributed by atoms with Gasteiger partial charge in [-0.1, -0.05) is 23.7 Å². The van der Waals surface area contributed by atoms with E-state index in [-0.39, 0.29) is 22.0 Å². The van der Waals surface area contributed by atoms with Gasteiger partial charge in [-0.25, -0.2) is 9.18 Å². The minimum atomic E-state index is -1.24. The number of nitro groups is 1. The molecule has 0 unspecified atom stereocenters. The van der Waals surface area contributed by atoms with E-state index in [2.05, 4.69) is 5.32 Å². The summed E-state index contributed by atoms with van der Waals surface area (Å²) in [5.74, 6) is -2.31. The van der Waals surface area contributed by atoms with Crippen molar-refractivity contribution in [3.63, 3.8) is 0 Å². The minimum Gasteiger partial charge on any atom is -0.449 e. The number of nitrogens with one attached hydrogen (secondary N) is 1. The monoisotopic (exact) mass is 366 g/mol. The second kappa shape index (κ2) is 7.71. The molecule has 0 aliphatic rings. The van der Waals surface area contributed by atoms with Crippen LogP contribution in [0.5, 0.6) is 0 Å². The number of amides is 1. The smallest absolute Gasteiger partial charge is 0.340 e. The second-order valence-corrected chi connectivity index (χ2v) is 5.35. The van der Waals surface area contributed by atoms with Gasteiger partial charge in [0.2, 0.25) is 0 Å². The van der Waals surface area contributed by atoms with E-state index in [9.17, 15) is 24.1 Å². The van der Waals surface area contributed by atoms with Crippen molar-refractivity contribution in [2.75, 3.05) is 5.32 Å². The number of para-hydroxylation sites is 1. The van der Waals surface area contributed by atoms with Gasteiger partial charge in [0, 0.05) is 12.1 Å². The van der Waals surface area contributed by atoms with Crippen LogP contribution in [0.4, 0.5) is 15.8 Å². The van der Waals surface area contributed by atoms with Crippen LogP contribution in [0.3, 0.4) is 0 Å². The number of rotatable bonds is 5. The molecule has 0 spiro atoms. The van der Waals surface area contributed by atoms with Gasteiger partial charge in [-0.3, -0.25) is 14.9 Å². The molecule has 0 aromatic heterocycles. The summed E-state index contributed by atoms with van der Waals surface area (Å²) in [6.45, 7) is 1.30. The summed E-state index contributed by atoms with van der Waals surface area (Å²) in [4.78, 5) is 34.0. The molecule has 2 aromatic rings. The first-order valence-corrected chi connectivity index (χ1v) is 7.37. The first-order chi connectivity index (χ1) is 11.8. The van der Waals surface area contributed by atoms with Crippen molar-refractivity contribution in [2.45, 2.75) is 13.0 Å². The molecule has 9 heteroatoms. The number of benzene rings is 2. The molecule has 2 rings (SSSR count). The van der Waals surface area contributed by atoms with E-state index >= 15 is 0 Å². The molecule has 130 valence electrons. The van der Waals surface area contributed by atoms with E-state index in [0.717, 1.165) is 18.2 Å². The van der Waals surface area contributed by atoms with Crippen LogP contribution in [-0.4, -0.2) is 22.9 Å². The van der Waals surface area contributed by atoms with Crippen LogP contribution in [0.2, 0.25) is 5.02 Å². The number of carbonyl (C=O) groups is 2. The number of carbonyl (C=O) groups excluding carboxylic acids is 2. The lowest BCUT2D eigenvalue weighted by Gasteiger charge is -2.14. The lowest BCUT2D eigenvalue weighted by atomic mass is 10.2. The van der Waals surface area contributed by atoms with Crippen LogP contribution < -0.4 is 5.32 Å². The number of nitro benzene ring substituents is 1. The summed E-state index contributed by atoms with van der Waals surface area (Å²) >= 11 is 5.83. The number of hydrogen-bond acceptors (Lipinski definition) is 5. The quantitative estimate of drug-likeness (QED) is 0.495. The fraction of sp³-hybridized carbons (Fsp3) is 0.125.